The van der Waals surface area contributed by atoms with Crippen molar-refractivity contribution in [3.8, 4) is 0 Å². The van der Waals surface area contributed by atoms with Gasteiger partial charge in [0.1, 0.15) is 0 Å². The second-order valence-electron chi connectivity index (χ2n) is 3.16. The molecular weight excluding hydrogens is 230 g/mol. The van der Waals surface area contributed by atoms with Crippen LogP contribution >= 0.6 is 0 Å². The van der Waals surface area contributed by atoms with Crippen molar-refractivity contribution in [3.05, 3.63) is 18.5 Å². The molecule has 1 aromatic heterocycles. The van der Waals surface area contributed by atoms with Gasteiger partial charge in [0.15, 0.2) is 9.84 Å². The molecule has 7 heteroatoms. The maximum atomic E-state index is 11.8. The molecule has 0 saturated carbocycles. The summed E-state index contributed by atoms with van der Waals surface area (Å²) in [5.74, 6) is -0.586. The third-order valence-electron chi connectivity index (χ3n) is 2.02. The van der Waals surface area contributed by atoms with E-state index in [1.54, 1.807) is 0 Å². The minimum Gasteiger partial charge on any atom is -0.396 e. The number of nitrogens with one attached hydrogen (secondary N) is 1. The van der Waals surface area contributed by atoms with Crippen LogP contribution in [0.1, 0.15) is 6.42 Å². The fourth-order valence-electron chi connectivity index (χ4n) is 1.14. The Morgan fingerprint density at radius 3 is 2.81 bits per heavy atom. The summed E-state index contributed by atoms with van der Waals surface area (Å²) in [4.78, 5) is 14.7. The lowest BCUT2D eigenvalue weighted by Crippen LogP contribution is -2.21. The highest BCUT2D eigenvalue weighted by molar-refractivity contribution is 7.91. The van der Waals surface area contributed by atoms with E-state index in [9.17, 15) is 13.2 Å². The van der Waals surface area contributed by atoms with Gasteiger partial charge in [-0.15, -0.1) is 0 Å². The number of aromatic nitrogens is 1. The first-order valence-corrected chi connectivity index (χ1v) is 6.25. The predicted molar refractivity (Wildman–Crippen MR) is 59.4 cm³/mol. The van der Waals surface area contributed by atoms with Crippen LogP contribution in [0.25, 0.3) is 0 Å². The van der Waals surface area contributed by atoms with Gasteiger partial charge >= 0.3 is 0 Å². The van der Waals surface area contributed by atoms with Crippen molar-refractivity contribution in [2.24, 2.45) is 0 Å². The molecule has 0 aliphatic rings. The van der Waals surface area contributed by atoms with E-state index in [4.69, 9.17) is 5.73 Å². The molecule has 3 N–H and O–H groups in total. The lowest BCUT2D eigenvalue weighted by molar-refractivity contribution is -0.120. The summed E-state index contributed by atoms with van der Waals surface area (Å²) in [6.45, 7) is 0. The van der Waals surface area contributed by atoms with Crippen LogP contribution in [-0.4, -0.2) is 32.1 Å². The average molecular weight is 243 g/mol. The molecule has 6 nitrogen and oxygen atoms in total. The minimum absolute atomic E-state index is 0.0198. The minimum atomic E-state index is -3.52. The first-order valence-electron chi connectivity index (χ1n) is 4.60. The second-order valence-corrected chi connectivity index (χ2v) is 5.23. The largest absolute Gasteiger partial charge is 0.396 e. The fourth-order valence-corrected chi connectivity index (χ4v) is 2.49. The van der Waals surface area contributed by atoms with Gasteiger partial charge in [-0.3, -0.25) is 9.78 Å². The van der Waals surface area contributed by atoms with E-state index in [0.717, 1.165) is 0 Å². The molecule has 1 heterocycles. The first kappa shape index (κ1) is 12.4. The highest BCUT2D eigenvalue weighted by Crippen LogP contribution is 2.17. The molecule has 0 aromatic carbocycles. The van der Waals surface area contributed by atoms with Crippen LogP contribution in [0.3, 0.4) is 0 Å². The molecule has 0 spiro atoms. The SMILES string of the molecule is CNC(=O)CCS(=O)(=O)c1ccncc1N. The van der Waals surface area contributed by atoms with Crippen molar-refractivity contribution in [3.63, 3.8) is 0 Å². The number of pyridine rings is 1. The van der Waals surface area contributed by atoms with Crippen LogP contribution in [0.2, 0.25) is 0 Å². The number of rotatable bonds is 4. The molecule has 0 radical (unpaired) electrons. The Hall–Kier alpha value is -1.63. The maximum absolute atomic E-state index is 11.8. The number of sulfone groups is 1. The molecule has 0 bridgehead atoms. The van der Waals surface area contributed by atoms with Crippen molar-refractivity contribution in [2.75, 3.05) is 18.5 Å². The van der Waals surface area contributed by atoms with Crippen molar-refractivity contribution < 1.29 is 13.2 Å². The summed E-state index contributed by atoms with van der Waals surface area (Å²) in [6.07, 6.45) is 2.54. The Balaban J connectivity index is 2.87. The van der Waals surface area contributed by atoms with Gasteiger partial charge in [0.25, 0.3) is 0 Å². The lowest BCUT2D eigenvalue weighted by atomic mass is 10.4. The van der Waals surface area contributed by atoms with E-state index in [-0.39, 0.29) is 28.7 Å². The highest BCUT2D eigenvalue weighted by atomic mass is 32.2. The zero-order chi connectivity index (χ0) is 12.2. The van der Waals surface area contributed by atoms with E-state index in [1.807, 2.05) is 0 Å². The molecular formula is C9H13N3O3S. The molecule has 1 aromatic rings. The average Bonchev–Trinajstić information content (AvgIpc) is 2.26. The molecule has 0 aliphatic carbocycles. The Morgan fingerprint density at radius 1 is 1.56 bits per heavy atom. The number of anilines is 1. The zero-order valence-corrected chi connectivity index (χ0v) is 9.62. The molecule has 16 heavy (non-hydrogen) atoms. The van der Waals surface area contributed by atoms with Crippen LogP contribution in [0.5, 0.6) is 0 Å². The number of hydrogen-bond acceptors (Lipinski definition) is 5. The molecule has 0 fully saturated rings. The van der Waals surface area contributed by atoms with Crippen LogP contribution < -0.4 is 11.1 Å². The van der Waals surface area contributed by atoms with E-state index >= 15 is 0 Å². The summed E-state index contributed by atoms with van der Waals surface area (Å²) >= 11 is 0. The number of nitrogens with two attached hydrogens (primary N) is 1. The molecule has 88 valence electrons. The third kappa shape index (κ3) is 2.93. The highest BCUT2D eigenvalue weighted by Gasteiger charge is 2.18. The summed E-state index contributed by atoms with van der Waals surface area (Å²) in [7, 11) is -2.07. The fraction of sp³-hybridized carbons (Fsp3) is 0.333. The van der Waals surface area contributed by atoms with Gasteiger partial charge in [-0.1, -0.05) is 0 Å². The zero-order valence-electron chi connectivity index (χ0n) is 8.80. The Morgan fingerprint density at radius 2 is 2.25 bits per heavy atom. The van der Waals surface area contributed by atoms with Crippen molar-refractivity contribution in [1.29, 1.82) is 0 Å². The topological polar surface area (TPSA) is 102 Å². The number of nitrogen functional groups attached to an aromatic ring is 1. The van der Waals surface area contributed by atoms with Gasteiger partial charge < -0.3 is 11.1 Å². The second kappa shape index (κ2) is 4.93. The van der Waals surface area contributed by atoms with Gasteiger partial charge in [-0.25, -0.2) is 8.42 Å². The van der Waals surface area contributed by atoms with E-state index in [1.165, 1.54) is 25.5 Å². The van der Waals surface area contributed by atoms with Crippen molar-refractivity contribution >= 4 is 21.4 Å². The molecule has 1 amide bonds. The van der Waals surface area contributed by atoms with Gasteiger partial charge in [0.05, 0.1) is 22.5 Å². The summed E-state index contributed by atoms with van der Waals surface area (Å²) in [5.41, 5.74) is 5.60. The Kier molecular flexibility index (Phi) is 3.83. The molecule has 1 rings (SSSR count). The summed E-state index contributed by atoms with van der Waals surface area (Å²) in [6, 6.07) is 1.33. The monoisotopic (exact) mass is 243 g/mol. The van der Waals surface area contributed by atoms with E-state index in [2.05, 4.69) is 10.3 Å². The smallest absolute Gasteiger partial charge is 0.220 e. The lowest BCUT2D eigenvalue weighted by Gasteiger charge is -2.05. The van der Waals surface area contributed by atoms with Crippen LogP contribution in [0.4, 0.5) is 5.69 Å². The number of hydrogen-bond donors (Lipinski definition) is 2. The normalized spacial score (nSPS) is 11.1. The quantitative estimate of drug-likeness (QED) is 0.747. The van der Waals surface area contributed by atoms with Crippen molar-refractivity contribution in [2.45, 2.75) is 11.3 Å². The third-order valence-corrected chi connectivity index (χ3v) is 3.81. The number of carbonyl (C=O) groups excluding carboxylic acids is 1. The molecule has 0 unspecified atom stereocenters. The molecule has 0 aliphatic heterocycles. The van der Waals surface area contributed by atoms with Gasteiger partial charge in [0, 0.05) is 19.7 Å². The van der Waals surface area contributed by atoms with Crippen LogP contribution in [-0.2, 0) is 14.6 Å². The van der Waals surface area contributed by atoms with Gasteiger partial charge in [-0.2, -0.15) is 0 Å². The van der Waals surface area contributed by atoms with Crippen molar-refractivity contribution in [1.82, 2.24) is 10.3 Å². The number of amides is 1. The van der Waals surface area contributed by atoms with Crippen LogP contribution in [0.15, 0.2) is 23.4 Å². The van der Waals surface area contributed by atoms with Crippen LogP contribution in [0, 0.1) is 0 Å². The standard InChI is InChI=1S/C9H13N3O3S/c1-11-9(13)3-5-16(14,15)8-2-4-12-6-7(8)10/h2,4,6H,3,5,10H2,1H3,(H,11,13). The van der Waals surface area contributed by atoms with Gasteiger partial charge in [-0.05, 0) is 6.07 Å². The number of carbonyl (C=O) groups is 1. The molecule has 0 saturated heterocycles. The maximum Gasteiger partial charge on any atom is 0.220 e. The number of nitrogens with zero attached hydrogens (tertiary/aromatic N) is 1. The summed E-state index contributed by atoms with van der Waals surface area (Å²) in [5, 5.41) is 2.36. The molecule has 0 atom stereocenters. The Labute approximate surface area is 93.8 Å². The predicted octanol–water partition coefficient (Wildman–Crippen LogP) is -0.426. The van der Waals surface area contributed by atoms with Gasteiger partial charge in [0.2, 0.25) is 5.91 Å². The first-order chi connectivity index (χ1) is 7.47. The van der Waals surface area contributed by atoms with E-state index in [0.29, 0.717) is 0 Å². The van der Waals surface area contributed by atoms with E-state index < -0.39 is 9.84 Å². The Bertz CT molecular complexity index is 485. The summed E-state index contributed by atoms with van der Waals surface area (Å²) < 4.78 is 23.6.